The van der Waals surface area contributed by atoms with Crippen LogP contribution in [0.5, 0.6) is 0 Å². The molecule has 1 aliphatic heterocycles. The largest absolute Gasteiger partial charge is 0.351 e. The summed E-state index contributed by atoms with van der Waals surface area (Å²) in [6.45, 7) is 11.5. The maximum Gasteiger partial charge on any atom is 0.254 e. The first-order chi connectivity index (χ1) is 12.3. The van der Waals surface area contributed by atoms with Crippen LogP contribution < -0.4 is 10.9 Å². The Bertz CT molecular complexity index is 678. The molecule has 1 N–H and O–H groups in total. The average molecular weight is 384 g/mol. The standard InChI is InChI=1S/C18H29N3O4S/c1-6-24-15(25-7-2)9-19-16(23)12-10-21-14(22)8-13(18(3,4)5)20-17(21)26-11-12/h8,12,15H,6-7,9-11H2,1-5H3,(H,19,23). The molecule has 0 saturated carbocycles. The predicted octanol–water partition coefficient (Wildman–Crippen LogP) is 1.78. The Hall–Kier alpha value is -1.38. The lowest BCUT2D eigenvalue weighted by atomic mass is 9.92. The van der Waals surface area contributed by atoms with E-state index >= 15 is 0 Å². The molecule has 1 aliphatic rings. The Labute approximate surface area is 158 Å². The van der Waals surface area contributed by atoms with Gasteiger partial charge in [0.05, 0.1) is 18.2 Å². The molecule has 146 valence electrons. The van der Waals surface area contributed by atoms with Crippen molar-refractivity contribution in [2.45, 2.75) is 58.0 Å². The van der Waals surface area contributed by atoms with Gasteiger partial charge in [-0.1, -0.05) is 32.5 Å². The number of aromatic nitrogens is 2. The lowest BCUT2D eigenvalue weighted by Gasteiger charge is -2.27. The third kappa shape index (κ3) is 5.31. The molecular weight excluding hydrogens is 354 g/mol. The number of ether oxygens (including phenoxy) is 2. The molecule has 0 radical (unpaired) electrons. The highest BCUT2D eigenvalue weighted by atomic mass is 32.2. The fraction of sp³-hybridized carbons (Fsp3) is 0.722. The van der Waals surface area contributed by atoms with E-state index in [9.17, 15) is 9.59 Å². The molecule has 1 atom stereocenters. The Morgan fingerprint density at radius 2 is 2.04 bits per heavy atom. The van der Waals surface area contributed by atoms with Crippen LogP contribution in [0.15, 0.2) is 16.0 Å². The molecule has 8 heteroatoms. The van der Waals surface area contributed by atoms with E-state index in [0.717, 1.165) is 5.69 Å². The second-order valence-corrected chi connectivity index (χ2v) is 8.20. The fourth-order valence-corrected chi connectivity index (χ4v) is 3.71. The lowest BCUT2D eigenvalue weighted by molar-refractivity contribution is -0.142. The first kappa shape index (κ1) is 20.9. The van der Waals surface area contributed by atoms with Gasteiger partial charge in [0, 0.05) is 37.0 Å². The third-order valence-electron chi connectivity index (χ3n) is 4.08. The summed E-state index contributed by atoms with van der Waals surface area (Å²) >= 11 is 1.45. The Morgan fingerprint density at radius 3 is 2.62 bits per heavy atom. The fourth-order valence-electron chi connectivity index (χ4n) is 2.62. The second kappa shape index (κ2) is 9.01. The number of nitrogens with zero attached hydrogens (tertiary/aromatic N) is 2. The summed E-state index contributed by atoms with van der Waals surface area (Å²) in [5, 5.41) is 3.56. The van der Waals surface area contributed by atoms with Gasteiger partial charge in [-0.3, -0.25) is 14.2 Å². The van der Waals surface area contributed by atoms with E-state index in [-0.39, 0.29) is 22.8 Å². The number of amides is 1. The van der Waals surface area contributed by atoms with Gasteiger partial charge in [0.15, 0.2) is 11.4 Å². The summed E-state index contributed by atoms with van der Waals surface area (Å²) in [5.74, 6) is 0.218. The van der Waals surface area contributed by atoms with Crippen LogP contribution in [0.25, 0.3) is 0 Å². The normalized spacial score (nSPS) is 17.2. The Morgan fingerprint density at radius 1 is 1.38 bits per heavy atom. The Kier molecular flexibility index (Phi) is 7.25. The molecule has 0 saturated heterocycles. The quantitative estimate of drug-likeness (QED) is 0.571. The molecule has 0 bridgehead atoms. The zero-order valence-corrected chi connectivity index (χ0v) is 17.0. The minimum absolute atomic E-state index is 0.0978. The van der Waals surface area contributed by atoms with Crippen molar-refractivity contribution in [2.75, 3.05) is 25.5 Å². The zero-order valence-electron chi connectivity index (χ0n) is 16.2. The van der Waals surface area contributed by atoms with Gasteiger partial charge >= 0.3 is 0 Å². The van der Waals surface area contributed by atoms with Crippen molar-refractivity contribution in [3.63, 3.8) is 0 Å². The van der Waals surface area contributed by atoms with Crippen LogP contribution in [-0.2, 0) is 26.2 Å². The topological polar surface area (TPSA) is 82.5 Å². The van der Waals surface area contributed by atoms with E-state index in [1.54, 1.807) is 10.6 Å². The number of fused-ring (bicyclic) bond motifs is 1. The number of hydrogen-bond acceptors (Lipinski definition) is 6. The van der Waals surface area contributed by atoms with Crippen LogP contribution in [-0.4, -0.2) is 47.3 Å². The van der Waals surface area contributed by atoms with Crippen LogP contribution in [0.3, 0.4) is 0 Å². The summed E-state index contributed by atoms with van der Waals surface area (Å²) in [5.41, 5.74) is 0.490. The minimum Gasteiger partial charge on any atom is -0.351 e. The SMILES string of the molecule is CCOC(CNC(=O)C1CSc2nc(C(C)(C)C)cc(=O)n2C1)OCC. The van der Waals surface area contributed by atoms with E-state index in [2.05, 4.69) is 10.3 Å². The molecule has 2 rings (SSSR count). The monoisotopic (exact) mass is 383 g/mol. The summed E-state index contributed by atoms with van der Waals surface area (Å²) in [6.07, 6.45) is -0.448. The van der Waals surface area contributed by atoms with Crippen molar-refractivity contribution >= 4 is 17.7 Å². The highest BCUT2D eigenvalue weighted by Gasteiger charge is 2.29. The number of hydrogen-bond donors (Lipinski definition) is 1. The first-order valence-corrected chi connectivity index (χ1v) is 10.0. The molecule has 2 heterocycles. The van der Waals surface area contributed by atoms with Gasteiger partial charge in [-0.05, 0) is 13.8 Å². The average Bonchev–Trinajstić information content (AvgIpc) is 2.58. The van der Waals surface area contributed by atoms with E-state index in [1.807, 2.05) is 34.6 Å². The molecule has 0 aliphatic carbocycles. The van der Waals surface area contributed by atoms with Gasteiger partial charge in [0.25, 0.3) is 5.56 Å². The van der Waals surface area contributed by atoms with Crippen LogP contribution in [0.1, 0.15) is 40.3 Å². The van der Waals surface area contributed by atoms with Gasteiger partial charge in [-0.15, -0.1) is 0 Å². The van der Waals surface area contributed by atoms with E-state index in [0.29, 0.717) is 37.2 Å². The molecule has 7 nitrogen and oxygen atoms in total. The smallest absolute Gasteiger partial charge is 0.254 e. The summed E-state index contributed by atoms with van der Waals surface area (Å²) < 4.78 is 12.5. The van der Waals surface area contributed by atoms with Crippen LogP contribution in [0.2, 0.25) is 0 Å². The van der Waals surface area contributed by atoms with Gasteiger partial charge in [0.2, 0.25) is 5.91 Å². The summed E-state index contributed by atoms with van der Waals surface area (Å²) in [6, 6.07) is 1.57. The van der Waals surface area contributed by atoms with Gasteiger partial charge in [-0.25, -0.2) is 4.98 Å². The number of carbonyl (C=O) groups excluding carboxylic acids is 1. The molecule has 1 aromatic rings. The van der Waals surface area contributed by atoms with Crippen molar-refractivity contribution in [3.8, 4) is 0 Å². The summed E-state index contributed by atoms with van der Waals surface area (Å²) in [4.78, 5) is 29.6. The number of carbonyl (C=O) groups is 1. The summed E-state index contributed by atoms with van der Waals surface area (Å²) in [7, 11) is 0. The van der Waals surface area contributed by atoms with Crippen molar-refractivity contribution in [3.05, 3.63) is 22.1 Å². The van der Waals surface area contributed by atoms with E-state index < -0.39 is 6.29 Å². The molecule has 26 heavy (non-hydrogen) atoms. The molecule has 0 aromatic carbocycles. The van der Waals surface area contributed by atoms with E-state index in [4.69, 9.17) is 9.47 Å². The van der Waals surface area contributed by atoms with Crippen molar-refractivity contribution < 1.29 is 14.3 Å². The van der Waals surface area contributed by atoms with E-state index in [1.165, 1.54) is 11.8 Å². The second-order valence-electron chi connectivity index (χ2n) is 7.22. The molecule has 1 amide bonds. The third-order valence-corrected chi connectivity index (χ3v) is 5.22. The molecular formula is C18H29N3O4S. The van der Waals surface area contributed by atoms with Crippen LogP contribution in [0, 0.1) is 5.92 Å². The van der Waals surface area contributed by atoms with Gasteiger partial charge < -0.3 is 14.8 Å². The maximum absolute atomic E-state index is 12.5. The number of rotatable bonds is 7. The highest BCUT2D eigenvalue weighted by Crippen LogP contribution is 2.27. The first-order valence-electron chi connectivity index (χ1n) is 9.02. The van der Waals surface area contributed by atoms with Crippen LogP contribution in [0.4, 0.5) is 0 Å². The number of nitrogens with one attached hydrogen (secondary N) is 1. The van der Waals surface area contributed by atoms with Crippen LogP contribution >= 0.6 is 11.8 Å². The Balaban J connectivity index is 2.03. The zero-order chi connectivity index (χ0) is 19.3. The molecule has 0 spiro atoms. The van der Waals surface area contributed by atoms with Crippen molar-refractivity contribution in [2.24, 2.45) is 5.92 Å². The van der Waals surface area contributed by atoms with Gasteiger partial charge in [-0.2, -0.15) is 0 Å². The molecule has 0 fully saturated rings. The van der Waals surface area contributed by atoms with Crippen molar-refractivity contribution in [1.29, 1.82) is 0 Å². The molecule has 1 unspecified atom stereocenters. The predicted molar refractivity (Wildman–Crippen MR) is 101 cm³/mol. The molecule has 1 aromatic heterocycles. The lowest BCUT2D eigenvalue weighted by Crippen LogP contribution is -2.43. The maximum atomic E-state index is 12.5. The van der Waals surface area contributed by atoms with Crippen molar-refractivity contribution in [1.82, 2.24) is 14.9 Å². The minimum atomic E-state index is -0.448. The highest BCUT2D eigenvalue weighted by molar-refractivity contribution is 7.99. The van der Waals surface area contributed by atoms with Gasteiger partial charge in [0.1, 0.15) is 0 Å². The number of thioether (sulfide) groups is 1.